The van der Waals surface area contributed by atoms with Crippen molar-refractivity contribution in [2.75, 3.05) is 13.6 Å². The van der Waals surface area contributed by atoms with Crippen molar-refractivity contribution in [1.82, 2.24) is 4.90 Å². The normalized spacial score (nSPS) is 42.5. The Kier molecular flexibility index (Phi) is 2.92. The first-order chi connectivity index (χ1) is 6.27. The summed E-state index contributed by atoms with van der Waals surface area (Å²) in [6, 6.07) is 0.833. The van der Waals surface area contributed by atoms with Crippen LogP contribution in [0, 0.1) is 11.8 Å². The maximum atomic E-state index is 2.56. The SMILES string of the molecule is CC1CC2CCCCCC2CN1C. The number of likely N-dealkylation sites (tertiary alicyclic amines) is 1. The van der Waals surface area contributed by atoms with E-state index in [-0.39, 0.29) is 0 Å². The zero-order chi connectivity index (χ0) is 9.26. The van der Waals surface area contributed by atoms with Gasteiger partial charge in [0.05, 0.1) is 0 Å². The predicted molar refractivity (Wildman–Crippen MR) is 56.8 cm³/mol. The van der Waals surface area contributed by atoms with Crippen LogP contribution in [0.25, 0.3) is 0 Å². The molecule has 2 aliphatic rings. The van der Waals surface area contributed by atoms with Crippen LogP contribution in [0.1, 0.15) is 45.4 Å². The molecule has 0 radical (unpaired) electrons. The Morgan fingerprint density at radius 1 is 1.00 bits per heavy atom. The third-order valence-corrected chi connectivity index (χ3v) is 4.24. The second kappa shape index (κ2) is 4.00. The van der Waals surface area contributed by atoms with Gasteiger partial charge in [0, 0.05) is 12.6 Å². The molecule has 3 atom stereocenters. The smallest absolute Gasteiger partial charge is 0.00667 e. The van der Waals surface area contributed by atoms with E-state index in [0.717, 1.165) is 17.9 Å². The van der Waals surface area contributed by atoms with Crippen LogP contribution in [0.3, 0.4) is 0 Å². The first kappa shape index (κ1) is 9.51. The third-order valence-electron chi connectivity index (χ3n) is 4.24. The van der Waals surface area contributed by atoms with Gasteiger partial charge in [0.25, 0.3) is 0 Å². The largest absolute Gasteiger partial charge is 0.303 e. The summed E-state index contributed by atoms with van der Waals surface area (Å²) in [4.78, 5) is 2.56. The molecule has 1 nitrogen and oxygen atoms in total. The van der Waals surface area contributed by atoms with E-state index >= 15 is 0 Å². The highest BCUT2D eigenvalue weighted by molar-refractivity contribution is 4.85. The van der Waals surface area contributed by atoms with E-state index in [2.05, 4.69) is 18.9 Å². The minimum atomic E-state index is 0.833. The molecule has 1 saturated heterocycles. The lowest BCUT2D eigenvalue weighted by Gasteiger charge is -2.40. The molecular weight excluding hydrogens is 158 g/mol. The Bertz CT molecular complexity index is 149. The fourth-order valence-electron chi connectivity index (χ4n) is 3.18. The molecule has 1 aliphatic heterocycles. The monoisotopic (exact) mass is 181 g/mol. The molecule has 0 aromatic carbocycles. The Morgan fingerprint density at radius 2 is 1.69 bits per heavy atom. The van der Waals surface area contributed by atoms with Crippen LogP contribution in [0.5, 0.6) is 0 Å². The summed E-state index contributed by atoms with van der Waals surface area (Å²) >= 11 is 0. The van der Waals surface area contributed by atoms with Gasteiger partial charge in [-0.1, -0.05) is 25.7 Å². The number of rotatable bonds is 0. The van der Waals surface area contributed by atoms with Crippen molar-refractivity contribution in [2.24, 2.45) is 11.8 Å². The van der Waals surface area contributed by atoms with Gasteiger partial charge in [-0.25, -0.2) is 0 Å². The van der Waals surface area contributed by atoms with Crippen LogP contribution in [-0.2, 0) is 0 Å². The summed E-state index contributed by atoms with van der Waals surface area (Å²) in [5, 5.41) is 0. The molecule has 76 valence electrons. The molecule has 1 heteroatoms. The summed E-state index contributed by atoms with van der Waals surface area (Å²) in [6.45, 7) is 3.76. The average molecular weight is 181 g/mol. The molecule has 1 aliphatic carbocycles. The molecule has 0 bridgehead atoms. The Labute approximate surface area is 82.5 Å². The van der Waals surface area contributed by atoms with Crippen LogP contribution >= 0.6 is 0 Å². The molecule has 2 rings (SSSR count). The lowest BCUT2D eigenvalue weighted by atomic mass is 9.79. The molecule has 13 heavy (non-hydrogen) atoms. The van der Waals surface area contributed by atoms with Gasteiger partial charge in [0.2, 0.25) is 0 Å². The van der Waals surface area contributed by atoms with Crippen LogP contribution in [0.2, 0.25) is 0 Å². The van der Waals surface area contributed by atoms with Crippen molar-refractivity contribution in [3.63, 3.8) is 0 Å². The zero-order valence-electron chi connectivity index (χ0n) is 9.13. The fraction of sp³-hybridized carbons (Fsp3) is 1.00. The van der Waals surface area contributed by atoms with Crippen molar-refractivity contribution in [3.8, 4) is 0 Å². The van der Waals surface area contributed by atoms with Gasteiger partial charge in [0.15, 0.2) is 0 Å². The number of piperidine rings is 1. The second-order valence-corrected chi connectivity index (χ2v) is 5.18. The van der Waals surface area contributed by atoms with Crippen molar-refractivity contribution >= 4 is 0 Å². The predicted octanol–water partition coefficient (Wildman–Crippen LogP) is 2.91. The van der Waals surface area contributed by atoms with Crippen LogP contribution in [0.15, 0.2) is 0 Å². The molecule has 0 aromatic heterocycles. The first-order valence-electron chi connectivity index (χ1n) is 5.97. The minimum absolute atomic E-state index is 0.833. The Hall–Kier alpha value is -0.0400. The topological polar surface area (TPSA) is 3.24 Å². The molecular formula is C12H23N. The molecule has 1 heterocycles. The third kappa shape index (κ3) is 2.07. The summed E-state index contributed by atoms with van der Waals surface area (Å²) in [7, 11) is 2.30. The number of fused-ring (bicyclic) bond motifs is 1. The van der Waals surface area contributed by atoms with Crippen LogP contribution in [0.4, 0.5) is 0 Å². The van der Waals surface area contributed by atoms with Gasteiger partial charge < -0.3 is 4.90 Å². The lowest BCUT2D eigenvalue weighted by molar-refractivity contribution is 0.0887. The summed E-state index contributed by atoms with van der Waals surface area (Å²) in [6.07, 6.45) is 8.96. The van der Waals surface area contributed by atoms with Crippen molar-refractivity contribution in [2.45, 2.75) is 51.5 Å². The number of hydrogen-bond donors (Lipinski definition) is 0. The highest BCUT2D eigenvalue weighted by atomic mass is 15.1. The first-order valence-corrected chi connectivity index (χ1v) is 5.97. The molecule has 2 fully saturated rings. The summed E-state index contributed by atoms with van der Waals surface area (Å²) < 4.78 is 0. The van der Waals surface area contributed by atoms with Gasteiger partial charge in [-0.15, -0.1) is 0 Å². The van der Waals surface area contributed by atoms with E-state index in [4.69, 9.17) is 0 Å². The van der Waals surface area contributed by atoms with E-state index in [1.54, 1.807) is 0 Å². The molecule has 0 aromatic rings. The maximum Gasteiger partial charge on any atom is 0.00667 e. The van der Waals surface area contributed by atoms with E-state index < -0.39 is 0 Å². The number of nitrogens with zero attached hydrogens (tertiary/aromatic N) is 1. The second-order valence-electron chi connectivity index (χ2n) is 5.18. The standard InChI is InChI=1S/C12H23N/c1-10-8-11-6-4-3-5-7-12(11)9-13(10)2/h10-12H,3-9H2,1-2H3. The quantitative estimate of drug-likeness (QED) is 0.555. The lowest BCUT2D eigenvalue weighted by Crippen LogP contribution is -2.43. The van der Waals surface area contributed by atoms with Crippen molar-refractivity contribution in [1.29, 1.82) is 0 Å². The average Bonchev–Trinajstić information content (AvgIpc) is 2.31. The van der Waals surface area contributed by atoms with Crippen LogP contribution < -0.4 is 0 Å². The van der Waals surface area contributed by atoms with Crippen molar-refractivity contribution in [3.05, 3.63) is 0 Å². The van der Waals surface area contributed by atoms with Crippen molar-refractivity contribution < 1.29 is 0 Å². The summed E-state index contributed by atoms with van der Waals surface area (Å²) in [5.74, 6) is 2.09. The molecule has 1 saturated carbocycles. The molecule has 0 amide bonds. The van der Waals surface area contributed by atoms with Crippen LogP contribution in [-0.4, -0.2) is 24.5 Å². The maximum absolute atomic E-state index is 2.56. The molecule has 3 unspecified atom stereocenters. The number of hydrogen-bond acceptors (Lipinski definition) is 1. The highest BCUT2D eigenvalue weighted by Gasteiger charge is 2.31. The van der Waals surface area contributed by atoms with Gasteiger partial charge in [-0.2, -0.15) is 0 Å². The van der Waals surface area contributed by atoms with Gasteiger partial charge >= 0.3 is 0 Å². The van der Waals surface area contributed by atoms with Gasteiger partial charge in [-0.3, -0.25) is 0 Å². The van der Waals surface area contributed by atoms with E-state index in [1.165, 1.54) is 45.1 Å². The van der Waals surface area contributed by atoms with E-state index in [9.17, 15) is 0 Å². The summed E-state index contributed by atoms with van der Waals surface area (Å²) in [5.41, 5.74) is 0. The molecule has 0 spiro atoms. The zero-order valence-corrected chi connectivity index (χ0v) is 9.13. The van der Waals surface area contributed by atoms with E-state index in [1.807, 2.05) is 0 Å². The van der Waals surface area contributed by atoms with Gasteiger partial charge in [0.1, 0.15) is 0 Å². The van der Waals surface area contributed by atoms with E-state index in [0.29, 0.717) is 0 Å². The Balaban J connectivity index is 1.99. The molecule has 0 N–H and O–H groups in total. The Morgan fingerprint density at radius 3 is 2.46 bits per heavy atom. The van der Waals surface area contributed by atoms with Gasteiger partial charge in [-0.05, 0) is 38.6 Å². The minimum Gasteiger partial charge on any atom is -0.303 e. The highest BCUT2D eigenvalue weighted by Crippen LogP contribution is 2.36. The fourth-order valence-corrected chi connectivity index (χ4v) is 3.18.